The predicted octanol–water partition coefficient (Wildman–Crippen LogP) is 0.382. The number of aryl methyl sites for hydroxylation is 2. The van der Waals surface area contributed by atoms with Gasteiger partial charge in [-0.1, -0.05) is 13.8 Å². The average Bonchev–Trinajstić information content (AvgIpc) is 2.38. The summed E-state index contributed by atoms with van der Waals surface area (Å²) in [5.41, 5.74) is 7.55. The highest BCUT2D eigenvalue weighted by Gasteiger charge is 2.10. The first-order chi connectivity index (χ1) is 8.24. The van der Waals surface area contributed by atoms with Crippen molar-refractivity contribution in [2.75, 3.05) is 25.6 Å². The first kappa shape index (κ1) is 13.8. The Morgan fingerprint density at radius 3 is 2.47 bits per heavy atom. The largest absolute Gasteiger partial charge is 0.383 e. The minimum absolute atomic E-state index is 0.0129. The summed E-state index contributed by atoms with van der Waals surface area (Å²) < 4.78 is 5.05. The highest BCUT2D eigenvalue weighted by Crippen LogP contribution is 2.07. The number of ether oxygens (including phenoxy) is 1. The number of anilines is 1. The van der Waals surface area contributed by atoms with Crippen LogP contribution in [0.2, 0.25) is 0 Å². The van der Waals surface area contributed by atoms with Crippen LogP contribution in [0.1, 0.15) is 25.2 Å². The zero-order valence-electron chi connectivity index (χ0n) is 10.7. The maximum absolute atomic E-state index is 5.61. The van der Waals surface area contributed by atoms with Gasteiger partial charge >= 0.3 is 0 Å². The van der Waals surface area contributed by atoms with Crippen molar-refractivity contribution in [1.29, 1.82) is 0 Å². The fourth-order valence-electron chi connectivity index (χ4n) is 1.55. The van der Waals surface area contributed by atoms with Crippen LogP contribution in [0.4, 0.5) is 5.95 Å². The summed E-state index contributed by atoms with van der Waals surface area (Å²) in [5, 5.41) is 11.3. The van der Waals surface area contributed by atoms with Gasteiger partial charge in [0.25, 0.3) is 0 Å². The molecule has 0 fully saturated rings. The van der Waals surface area contributed by atoms with Crippen LogP contribution < -0.4 is 11.1 Å². The van der Waals surface area contributed by atoms with Crippen LogP contribution >= 0.6 is 0 Å². The minimum Gasteiger partial charge on any atom is -0.383 e. The van der Waals surface area contributed by atoms with Gasteiger partial charge in [0.05, 0.1) is 24.0 Å². The summed E-state index contributed by atoms with van der Waals surface area (Å²) in [4.78, 5) is 4.44. The first-order valence-corrected chi connectivity index (χ1v) is 5.93. The molecule has 0 aromatic carbocycles. The van der Waals surface area contributed by atoms with E-state index in [1.807, 2.05) is 6.92 Å². The third-order valence-corrected chi connectivity index (χ3v) is 2.49. The van der Waals surface area contributed by atoms with Gasteiger partial charge in [0.2, 0.25) is 5.95 Å². The Hall–Kier alpha value is -1.27. The van der Waals surface area contributed by atoms with E-state index < -0.39 is 0 Å². The standard InChI is InChI=1S/C11H21N5O/c1-4-9-10(5-2)15-16-11(14-9)13-8(6-12)7-17-3/h8H,4-7,12H2,1-3H3,(H,13,14,16). The van der Waals surface area contributed by atoms with E-state index in [0.717, 1.165) is 24.2 Å². The van der Waals surface area contributed by atoms with E-state index in [2.05, 4.69) is 27.4 Å². The number of aromatic nitrogens is 3. The number of methoxy groups -OCH3 is 1. The Morgan fingerprint density at radius 2 is 1.94 bits per heavy atom. The fraction of sp³-hybridized carbons (Fsp3) is 0.727. The Labute approximate surface area is 102 Å². The van der Waals surface area contributed by atoms with Crippen molar-refractivity contribution in [2.45, 2.75) is 32.7 Å². The van der Waals surface area contributed by atoms with Gasteiger partial charge in [-0.25, -0.2) is 4.98 Å². The molecule has 0 spiro atoms. The second kappa shape index (κ2) is 7.13. The zero-order chi connectivity index (χ0) is 12.7. The molecule has 0 aliphatic rings. The number of nitrogens with two attached hydrogens (primary N) is 1. The highest BCUT2D eigenvalue weighted by molar-refractivity contribution is 5.27. The van der Waals surface area contributed by atoms with E-state index in [0.29, 0.717) is 19.1 Å². The SMILES string of the molecule is CCc1nnc(NC(CN)COC)nc1CC. The monoisotopic (exact) mass is 239 g/mol. The average molecular weight is 239 g/mol. The molecule has 1 rings (SSSR count). The van der Waals surface area contributed by atoms with Crippen molar-refractivity contribution in [3.63, 3.8) is 0 Å². The van der Waals surface area contributed by atoms with Crippen LogP contribution in [0.3, 0.4) is 0 Å². The van der Waals surface area contributed by atoms with Crippen molar-refractivity contribution in [2.24, 2.45) is 5.73 Å². The molecule has 0 aliphatic carbocycles. The summed E-state index contributed by atoms with van der Waals surface area (Å²) >= 11 is 0. The molecule has 17 heavy (non-hydrogen) atoms. The lowest BCUT2D eigenvalue weighted by Crippen LogP contribution is -2.34. The first-order valence-electron chi connectivity index (χ1n) is 5.93. The zero-order valence-corrected chi connectivity index (χ0v) is 10.7. The number of nitrogens with one attached hydrogen (secondary N) is 1. The van der Waals surface area contributed by atoms with Crippen molar-refractivity contribution in [1.82, 2.24) is 15.2 Å². The molecule has 0 saturated heterocycles. The van der Waals surface area contributed by atoms with Crippen molar-refractivity contribution < 1.29 is 4.74 Å². The summed E-state index contributed by atoms with van der Waals surface area (Å²) in [6.07, 6.45) is 1.70. The molecule has 1 aromatic heterocycles. The number of hydrogen-bond donors (Lipinski definition) is 2. The maximum atomic E-state index is 5.61. The number of rotatable bonds is 7. The summed E-state index contributed by atoms with van der Waals surface area (Å²) in [7, 11) is 1.64. The van der Waals surface area contributed by atoms with Crippen molar-refractivity contribution in [3.05, 3.63) is 11.4 Å². The molecular formula is C11H21N5O. The molecule has 0 saturated carbocycles. The molecule has 1 heterocycles. The molecule has 0 bridgehead atoms. The molecule has 6 nitrogen and oxygen atoms in total. The summed E-state index contributed by atoms with van der Waals surface area (Å²) in [6.45, 7) is 5.10. The fourth-order valence-corrected chi connectivity index (χ4v) is 1.55. The van der Waals surface area contributed by atoms with Gasteiger partial charge in [-0.05, 0) is 12.8 Å². The summed E-state index contributed by atoms with van der Waals surface area (Å²) in [5.74, 6) is 0.520. The Morgan fingerprint density at radius 1 is 1.24 bits per heavy atom. The van der Waals surface area contributed by atoms with Crippen LogP contribution in [0, 0.1) is 0 Å². The van der Waals surface area contributed by atoms with Gasteiger partial charge in [-0.2, -0.15) is 5.10 Å². The van der Waals surface area contributed by atoms with E-state index in [4.69, 9.17) is 10.5 Å². The smallest absolute Gasteiger partial charge is 0.243 e. The van der Waals surface area contributed by atoms with Gasteiger partial charge in [-0.15, -0.1) is 5.10 Å². The molecule has 0 radical (unpaired) electrons. The quantitative estimate of drug-likeness (QED) is 0.715. The number of hydrogen-bond acceptors (Lipinski definition) is 6. The van der Waals surface area contributed by atoms with Crippen molar-refractivity contribution >= 4 is 5.95 Å². The van der Waals surface area contributed by atoms with E-state index in [-0.39, 0.29) is 6.04 Å². The van der Waals surface area contributed by atoms with E-state index in [9.17, 15) is 0 Å². The predicted molar refractivity (Wildman–Crippen MR) is 66.9 cm³/mol. The van der Waals surface area contributed by atoms with Crippen molar-refractivity contribution in [3.8, 4) is 0 Å². The van der Waals surface area contributed by atoms with Crippen LogP contribution in [0.5, 0.6) is 0 Å². The topological polar surface area (TPSA) is 86.0 Å². The van der Waals surface area contributed by atoms with E-state index in [1.165, 1.54) is 0 Å². The van der Waals surface area contributed by atoms with Crippen LogP contribution in [-0.4, -0.2) is 41.5 Å². The molecule has 0 aliphatic heterocycles. The van der Waals surface area contributed by atoms with Gasteiger partial charge in [0.1, 0.15) is 0 Å². The molecule has 1 atom stereocenters. The molecule has 6 heteroatoms. The van der Waals surface area contributed by atoms with Gasteiger partial charge < -0.3 is 15.8 Å². The molecule has 1 unspecified atom stereocenters. The second-order valence-electron chi connectivity index (χ2n) is 3.77. The normalized spacial score (nSPS) is 12.5. The maximum Gasteiger partial charge on any atom is 0.243 e. The molecule has 3 N–H and O–H groups in total. The lowest BCUT2D eigenvalue weighted by atomic mass is 10.2. The van der Waals surface area contributed by atoms with Gasteiger partial charge in [0, 0.05) is 13.7 Å². The third-order valence-electron chi connectivity index (χ3n) is 2.49. The second-order valence-corrected chi connectivity index (χ2v) is 3.77. The van der Waals surface area contributed by atoms with E-state index >= 15 is 0 Å². The van der Waals surface area contributed by atoms with Gasteiger partial charge in [-0.3, -0.25) is 0 Å². The summed E-state index contributed by atoms with van der Waals surface area (Å²) in [6, 6.07) is 0.0129. The van der Waals surface area contributed by atoms with E-state index in [1.54, 1.807) is 7.11 Å². The molecular weight excluding hydrogens is 218 g/mol. The Kier molecular flexibility index (Phi) is 5.79. The Bertz CT molecular complexity index is 345. The molecule has 96 valence electrons. The minimum atomic E-state index is 0.0129. The molecule has 0 amide bonds. The van der Waals surface area contributed by atoms with Crippen LogP contribution in [0.15, 0.2) is 0 Å². The number of nitrogens with zero attached hydrogens (tertiary/aromatic N) is 3. The molecule has 1 aromatic rings. The third kappa shape index (κ3) is 3.90. The van der Waals surface area contributed by atoms with Crippen LogP contribution in [0.25, 0.3) is 0 Å². The highest BCUT2D eigenvalue weighted by atomic mass is 16.5. The Balaban J connectivity index is 2.77. The lowest BCUT2D eigenvalue weighted by molar-refractivity contribution is 0.187. The van der Waals surface area contributed by atoms with Gasteiger partial charge in [0.15, 0.2) is 0 Å². The van der Waals surface area contributed by atoms with Crippen LogP contribution in [-0.2, 0) is 17.6 Å². The lowest BCUT2D eigenvalue weighted by Gasteiger charge is -2.16.